The van der Waals surface area contributed by atoms with E-state index in [0.29, 0.717) is 5.69 Å². The van der Waals surface area contributed by atoms with Gasteiger partial charge in [-0.15, -0.1) is 0 Å². The van der Waals surface area contributed by atoms with Crippen LogP contribution < -0.4 is 9.55 Å². The number of rotatable bonds is 2. The highest BCUT2D eigenvalue weighted by Gasteiger charge is 2.45. The topological polar surface area (TPSA) is 46.5 Å². The van der Waals surface area contributed by atoms with Crippen LogP contribution in [0.15, 0.2) is 36.5 Å². The lowest BCUT2D eigenvalue weighted by molar-refractivity contribution is -0.0171. The smallest absolute Gasteiger partial charge is 0.231 e. The molecule has 1 aromatic rings. The lowest BCUT2D eigenvalue weighted by Crippen LogP contribution is -2.61. The van der Waals surface area contributed by atoms with Gasteiger partial charge in [-0.1, -0.05) is 0 Å². The molecule has 4 heteroatoms. The number of hydroxylamine groups is 2. The molecule has 0 saturated heterocycles. The molecule has 0 saturated carbocycles. The van der Waals surface area contributed by atoms with Crippen molar-refractivity contribution in [1.29, 1.82) is 0 Å². The minimum absolute atomic E-state index is 0.540. The van der Waals surface area contributed by atoms with Crippen molar-refractivity contribution < 1.29 is 5.11 Å². The molecule has 1 aromatic carbocycles. The Morgan fingerprint density at radius 3 is 2.12 bits per heavy atom. The van der Waals surface area contributed by atoms with Crippen LogP contribution >= 0.6 is 0 Å². The second-order valence-corrected chi connectivity index (χ2v) is 4.48. The molecule has 0 radical (unpaired) electrons. The standard InChI is InChI=1S/C12H16N2O2/c1-12(15)8-9-14(12,16)11-6-4-10(5-7-11)13(2)3/h4-9,15H,1-3H3. The average Bonchev–Trinajstić information content (AvgIpc) is 2.26. The van der Waals surface area contributed by atoms with Crippen LogP contribution in [0.4, 0.5) is 11.4 Å². The lowest BCUT2D eigenvalue weighted by atomic mass is 10.1. The number of benzene rings is 1. The highest BCUT2D eigenvalue weighted by Crippen LogP contribution is 2.39. The van der Waals surface area contributed by atoms with Gasteiger partial charge in [-0.05, 0) is 12.1 Å². The van der Waals surface area contributed by atoms with Gasteiger partial charge in [-0.3, -0.25) is 4.65 Å². The van der Waals surface area contributed by atoms with Crippen LogP contribution in [-0.4, -0.2) is 24.9 Å². The molecule has 2 unspecified atom stereocenters. The van der Waals surface area contributed by atoms with E-state index in [4.69, 9.17) is 0 Å². The molecule has 1 aliphatic rings. The van der Waals surface area contributed by atoms with Crippen LogP contribution in [-0.2, 0) is 0 Å². The van der Waals surface area contributed by atoms with E-state index in [0.717, 1.165) is 5.69 Å². The Kier molecular flexibility index (Phi) is 2.31. The van der Waals surface area contributed by atoms with E-state index >= 15 is 0 Å². The zero-order valence-corrected chi connectivity index (χ0v) is 9.71. The lowest BCUT2D eigenvalue weighted by Gasteiger charge is -2.52. The van der Waals surface area contributed by atoms with Gasteiger partial charge in [-0.2, -0.15) is 0 Å². The van der Waals surface area contributed by atoms with E-state index in [9.17, 15) is 10.3 Å². The maximum Gasteiger partial charge on any atom is 0.231 e. The quantitative estimate of drug-likeness (QED) is 0.610. The summed E-state index contributed by atoms with van der Waals surface area (Å²) >= 11 is 0. The summed E-state index contributed by atoms with van der Waals surface area (Å²) in [6.07, 6.45) is 2.96. The third kappa shape index (κ3) is 1.43. The molecule has 0 amide bonds. The first-order chi connectivity index (χ1) is 7.37. The Hall–Kier alpha value is -1.36. The zero-order chi connectivity index (χ0) is 12.0. The predicted octanol–water partition coefficient (Wildman–Crippen LogP) is 1.79. The normalized spacial score (nSPS) is 32.3. The molecule has 1 N–H and O–H groups in total. The molecule has 1 aliphatic heterocycles. The van der Waals surface area contributed by atoms with Gasteiger partial charge in [0, 0.05) is 38.8 Å². The van der Waals surface area contributed by atoms with Crippen LogP contribution in [0.25, 0.3) is 0 Å². The fraction of sp³-hybridized carbons (Fsp3) is 0.333. The van der Waals surface area contributed by atoms with Crippen LogP contribution in [0, 0.1) is 5.21 Å². The van der Waals surface area contributed by atoms with Gasteiger partial charge < -0.3 is 15.2 Å². The monoisotopic (exact) mass is 220 g/mol. The summed E-state index contributed by atoms with van der Waals surface area (Å²) in [5.74, 6) is 0. The van der Waals surface area contributed by atoms with Crippen molar-refractivity contribution in [2.24, 2.45) is 0 Å². The van der Waals surface area contributed by atoms with E-state index in [-0.39, 0.29) is 0 Å². The van der Waals surface area contributed by atoms with Gasteiger partial charge in [0.15, 0.2) is 0 Å². The van der Waals surface area contributed by atoms with E-state index in [1.807, 2.05) is 31.1 Å². The molecule has 16 heavy (non-hydrogen) atoms. The largest absolute Gasteiger partial charge is 0.620 e. The summed E-state index contributed by atoms with van der Waals surface area (Å²) in [5, 5.41) is 22.1. The fourth-order valence-electron chi connectivity index (χ4n) is 1.75. The molecule has 2 rings (SSSR count). The van der Waals surface area contributed by atoms with Gasteiger partial charge in [-0.25, -0.2) is 0 Å². The van der Waals surface area contributed by atoms with Crippen molar-refractivity contribution >= 4 is 11.4 Å². The maximum atomic E-state index is 12.3. The van der Waals surface area contributed by atoms with Crippen molar-refractivity contribution in [3.05, 3.63) is 41.7 Å². The van der Waals surface area contributed by atoms with Crippen molar-refractivity contribution in [3.8, 4) is 0 Å². The number of hydrogen-bond acceptors (Lipinski definition) is 3. The molecule has 86 valence electrons. The average molecular weight is 220 g/mol. The van der Waals surface area contributed by atoms with E-state index in [2.05, 4.69) is 0 Å². The summed E-state index contributed by atoms with van der Waals surface area (Å²) in [6, 6.07) is 7.24. The van der Waals surface area contributed by atoms with Crippen LogP contribution in [0.2, 0.25) is 0 Å². The number of quaternary nitrogens is 1. The zero-order valence-electron chi connectivity index (χ0n) is 9.71. The Morgan fingerprint density at radius 1 is 1.25 bits per heavy atom. The molecule has 2 atom stereocenters. The number of anilines is 1. The van der Waals surface area contributed by atoms with Crippen LogP contribution in [0.1, 0.15) is 6.92 Å². The van der Waals surface area contributed by atoms with Gasteiger partial charge in [0.2, 0.25) is 5.72 Å². The molecule has 0 spiro atoms. The van der Waals surface area contributed by atoms with Gasteiger partial charge in [0.1, 0.15) is 11.9 Å². The van der Waals surface area contributed by atoms with Crippen LogP contribution in [0.3, 0.4) is 0 Å². The Bertz CT molecular complexity index is 423. The second kappa shape index (κ2) is 3.31. The predicted molar refractivity (Wildman–Crippen MR) is 65.7 cm³/mol. The molecule has 0 fully saturated rings. The molecular formula is C12H16N2O2. The first-order valence-corrected chi connectivity index (χ1v) is 5.17. The summed E-state index contributed by atoms with van der Waals surface area (Å²) in [4.78, 5) is 1.96. The second-order valence-electron chi connectivity index (χ2n) is 4.48. The first kappa shape index (κ1) is 11.1. The molecular weight excluding hydrogens is 204 g/mol. The van der Waals surface area contributed by atoms with Gasteiger partial charge in [0.05, 0.1) is 6.08 Å². The third-order valence-corrected chi connectivity index (χ3v) is 3.02. The first-order valence-electron chi connectivity index (χ1n) is 5.17. The Labute approximate surface area is 95.2 Å². The number of nitrogens with zero attached hydrogens (tertiary/aromatic N) is 2. The van der Waals surface area contributed by atoms with Gasteiger partial charge >= 0.3 is 0 Å². The Morgan fingerprint density at radius 2 is 1.81 bits per heavy atom. The highest BCUT2D eigenvalue weighted by atomic mass is 16.6. The van der Waals surface area contributed by atoms with E-state index in [1.54, 1.807) is 12.1 Å². The summed E-state index contributed by atoms with van der Waals surface area (Å²) < 4.78 is -0.805. The SMILES string of the molecule is CN(C)c1ccc([N+]2([O-])C=CC2(C)O)cc1. The molecule has 0 bridgehead atoms. The Balaban J connectivity index is 2.34. The molecule has 0 aliphatic carbocycles. The number of aliphatic hydroxyl groups is 1. The molecule has 4 nitrogen and oxygen atoms in total. The third-order valence-electron chi connectivity index (χ3n) is 3.02. The van der Waals surface area contributed by atoms with Crippen molar-refractivity contribution in [3.63, 3.8) is 0 Å². The summed E-state index contributed by atoms with van der Waals surface area (Å²) in [6.45, 7) is 1.51. The van der Waals surface area contributed by atoms with Crippen LogP contribution in [0.5, 0.6) is 0 Å². The van der Waals surface area contributed by atoms with E-state index in [1.165, 1.54) is 19.2 Å². The minimum atomic E-state index is -1.35. The summed E-state index contributed by atoms with van der Waals surface area (Å²) in [7, 11) is 3.88. The van der Waals surface area contributed by atoms with Gasteiger partial charge in [0.25, 0.3) is 0 Å². The summed E-state index contributed by atoms with van der Waals surface area (Å²) in [5.41, 5.74) is 0.220. The minimum Gasteiger partial charge on any atom is -0.620 e. The van der Waals surface area contributed by atoms with E-state index < -0.39 is 10.4 Å². The molecule has 0 aromatic heterocycles. The fourth-order valence-corrected chi connectivity index (χ4v) is 1.75. The highest BCUT2D eigenvalue weighted by molar-refractivity contribution is 5.58. The van der Waals surface area contributed by atoms with Crippen molar-refractivity contribution in [2.75, 3.05) is 19.0 Å². The number of hydrogen-bond donors (Lipinski definition) is 1. The van der Waals surface area contributed by atoms with Crippen molar-refractivity contribution in [1.82, 2.24) is 4.65 Å². The molecule has 1 heterocycles. The van der Waals surface area contributed by atoms with Crippen molar-refractivity contribution in [2.45, 2.75) is 12.6 Å². The maximum absolute atomic E-state index is 12.3.